The van der Waals surface area contributed by atoms with Crippen LogP contribution in [0.1, 0.15) is 40.2 Å². The molecule has 2 aliphatic heterocycles. The highest BCUT2D eigenvalue weighted by Gasteiger charge is 2.63. The predicted molar refractivity (Wildman–Crippen MR) is 168 cm³/mol. The van der Waals surface area contributed by atoms with Crippen molar-refractivity contribution in [3.8, 4) is 0 Å². The van der Waals surface area contributed by atoms with Crippen molar-refractivity contribution in [3.05, 3.63) is 101 Å². The van der Waals surface area contributed by atoms with Gasteiger partial charge in [-0.1, -0.05) is 104 Å². The van der Waals surface area contributed by atoms with Gasteiger partial charge in [-0.15, -0.1) is 0 Å². The van der Waals surface area contributed by atoms with E-state index in [1.807, 2.05) is 43.3 Å². The van der Waals surface area contributed by atoms with Gasteiger partial charge in [-0.05, 0) is 53.8 Å². The van der Waals surface area contributed by atoms with E-state index >= 15 is 0 Å². The first-order valence-electron chi connectivity index (χ1n) is 14.5. The molecule has 0 aromatic heterocycles. The highest BCUT2D eigenvalue weighted by Crippen LogP contribution is 2.46. The molecule has 2 saturated heterocycles. The maximum atomic E-state index is 13.4. The maximum absolute atomic E-state index is 13.4. The SMILES string of the molecule is Cc1ccc(S(=O)(=O)OC[C@]2(CO[Si](c3ccccc3)(c3ccccc3)C(C)(C)C)O[C@@H]3OC(C)(C)O[C@@H]3[C@@H]2N=[N+]=[N-])cc1. The number of hydrogen-bond acceptors (Lipinski definition) is 8. The van der Waals surface area contributed by atoms with Gasteiger partial charge in [-0.25, -0.2) is 0 Å². The van der Waals surface area contributed by atoms with Gasteiger partial charge < -0.3 is 18.6 Å². The first-order chi connectivity index (χ1) is 20.7. The zero-order valence-corrected chi connectivity index (χ0v) is 27.7. The summed E-state index contributed by atoms with van der Waals surface area (Å²) >= 11 is 0. The number of azide groups is 1. The molecular weight excluding hydrogens is 599 g/mol. The molecule has 10 nitrogen and oxygen atoms in total. The van der Waals surface area contributed by atoms with Crippen LogP contribution in [0.25, 0.3) is 10.4 Å². The Morgan fingerprint density at radius 1 is 0.886 bits per heavy atom. The van der Waals surface area contributed by atoms with E-state index in [2.05, 4.69) is 55.1 Å². The van der Waals surface area contributed by atoms with Gasteiger partial charge in [0.2, 0.25) is 0 Å². The van der Waals surface area contributed by atoms with Crippen molar-refractivity contribution >= 4 is 28.8 Å². The van der Waals surface area contributed by atoms with E-state index in [1.54, 1.807) is 26.0 Å². The normalized spacial score (nSPS) is 24.9. The highest BCUT2D eigenvalue weighted by molar-refractivity contribution is 7.86. The lowest BCUT2D eigenvalue weighted by molar-refractivity contribution is -0.236. The summed E-state index contributed by atoms with van der Waals surface area (Å²) in [6.45, 7) is 11.1. The Bertz CT molecular complexity index is 1570. The monoisotopic (exact) mass is 637 g/mol. The molecule has 0 aliphatic carbocycles. The predicted octanol–water partition coefficient (Wildman–Crippen LogP) is 5.20. The van der Waals surface area contributed by atoms with Gasteiger partial charge in [0.15, 0.2) is 12.1 Å². The summed E-state index contributed by atoms with van der Waals surface area (Å²) < 4.78 is 58.3. The maximum Gasteiger partial charge on any atom is 0.297 e. The van der Waals surface area contributed by atoms with Crippen molar-refractivity contribution in [2.75, 3.05) is 13.2 Å². The van der Waals surface area contributed by atoms with Crippen molar-refractivity contribution in [3.63, 3.8) is 0 Å². The van der Waals surface area contributed by atoms with Gasteiger partial charge >= 0.3 is 0 Å². The minimum atomic E-state index is -4.21. The van der Waals surface area contributed by atoms with Crippen LogP contribution in [0.2, 0.25) is 5.04 Å². The van der Waals surface area contributed by atoms with Gasteiger partial charge in [-0.3, -0.25) is 4.18 Å². The van der Waals surface area contributed by atoms with Crippen molar-refractivity contribution in [2.24, 2.45) is 5.11 Å². The lowest BCUT2D eigenvalue weighted by Gasteiger charge is -2.45. The highest BCUT2D eigenvalue weighted by atomic mass is 32.2. The van der Waals surface area contributed by atoms with Crippen molar-refractivity contribution < 1.29 is 31.2 Å². The minimum Gasteiger partial charge on any atom is -0.404 e. The molecule has 0 amide bonds. The Balaban J connectivity index is 1.60. The first-order valence-corrected chi connectivity index (χ1v) is 17.8. The molecule has 5 rings (SSSR count). The molecule has 12 heteroatoms. The van der Waals surface area contributed by atoms with Crippen molar-refractivity contribution in [1.29, 1.82) is 0 Å². The summed E-state index contributed by atoms with van der Waals surface area (Å²) in [4.78, 5) is 3.10. The van der Waals surface area contributed by atoms with E-state index in [1.165, 1.54) is 12.1 Å². The van der Waals surface area contributed by atoms with E-state index < -0.39 is 54.9 Å². The van der Waals surface area contributed by atoms with Crippen LogP contribution in [0.5, 0.6) is 0 Å². The molecule has 0 unspecified atom stereocenters. The van der Waals surface area contributed by atoms with Crippen LogP contribution in [0.4, 0.5) is 0 Å². The zero-order chi connectivity index (χ0) is 31.8. The molecule has 3 aromatic carbocycles. The molecule has 3 aromatic rings. The van der Waals surface area contributed by atoms with Crippen LogP contribution in [-0.4, -0.2) is 59.8 Å². The van der Waals surface area contributed by atoms with Gasteiger partial charge in [0.1, 0.15) is 17.7 Å². The number of nitrogens with zero attached hydrogens (tertiary/aromatic N) is 3. The van der Waals surface area contributed by atoms with Crippen LogP contribution in [0.3, 0.4) is 0 Å². The third-order valence-corrected chi connectivity index (χ3v) is 14.4. The second-order valence-electron chi connectivity index (χ2n) is 12.8. The standard InChI is InChI=1S/C32H39N3O7SSi/c1-23-17-19-24(20-18-23)43(36,37)38-21-32(28(34-35-33)27-29(42-32)41-31(5,6)40-27)22-39-44(30(2,3)4,25-13-9-7-10-14-25)26-15-11-8-12-16-26/h7-20,27-29H,21-22H2,1-6H3/t27-,28+,29+,32-/m1/s1. The van der Waals surface area contributed by atoms with Gasteiger partial charge in [-0.2, -0.15) is 8.42 Å². The summed E-state index contributed by atoms with van der Waals surface area (Å²) in [5.74, 6) is -1.00. The van der Waals surface area contributed by atoms with Gasteiger partial charge in [0.25, 0.3) is 18.4 Å². The molecule has 2 fully saturated rings. The van der Waals surface area contributed by atoms with E-state index in [-0.39, 0.29) is 16.5 Å². The van der Waals surface area contributed by atoms with E-state index in [0.717, 1.165) is 15.9 Å². The molecule has 2 aliphatic rings. The van der Waals surface area contributed by atoms with Gasteiger partial charge in [0.05, 0.1) is 18.1 Å². The topological polar surface area (TPSA) is 129 Å². The van der Waals surface area contributed by atoms with Crippen LogP contribution >= 0.6 is 0 Å². The lowest BCUT2D eigenvalue weighted by atomic mass is 9.95. The average Bonchev–Trinajstić information content (AvgIpc) is 3.42. The summed E-state index contributed by atoms with van der Waals surface area (Å²) in [5, 5.41) is 5.75. The smallest absolute Gasteiger partial charge is 0.297 e. The van der Waals surface area contributed by atoms with Crippen molar-refractivity contribution in [2.45, 2.75) is 81.3 Å². The third-order valence-electron chi connectivity index (χ3n) is 8.18. The molecule has 4 atom stereocenters. The molecule has 2 heterocycles. The fourth-order valence-electron chi connectivity index (χ4n) is 6.11. The summed E-state index contributed by atoms with van der Waals surface area (Å²) in [5.41, 5.74) is 9.01. The largest absolute Gasteiger partial charge is 0.404 e. The van der Waals surface area contributed by atoms with E-state index in [0.29, 0.717) is 0 Å². The number of hydrogen-bond donors (Lipinski definition) is 0. The Morgan fingerprint density at radius 3 is 1.98 bits per heavy atom. The van der Waals surface area contributed by atoms with Crippen LogP contribution in [0, 0.1) is 6.92 Å². The van der Waals surface area contributed by atoms with E-state index in [4.69, 9.17) is 22.8 Å². The van der Waals surface area contributed by atoms with Crippen LogP contribution in [0.15, 0.2) is 94.9 Å². The molecular formula is C32H39N3O7SSi. The number of aryl methyl sites for hydroxylation is 1. The Kier molecular flexibility index (Phi) is 8.84. The number of fused-ring (bicyclic) bond motifs is 1. The second kappa shape index (κ2) is 12.0. The molecule has 234 valence electrons. The molecule has 44 heavy (non-hydrogen) atoms. The fraction of sp³-hybridized carbons (Fsp3) is 0.438. The average molecular weight is 638 g/mol. The summed E-state index contributed by atoms with van der Waals surface area (Å²) in [6, 6.07) is 25.4. The van der Waals surface area contributed by atoms with Crippen LogP contribution < -0.4 is 10.4 Å². The third kappa shape index (κ3) is 6.09. The quantitative estimate of drug-likeness (QED) is 0.0982. The summed E-state index contributed by atoms with van der Waals surface area (Å²) in [7, 11) is -7.34. The number of rotatable bonds is 10. The Morgan fingerprint density at radius 2 is 1.45 bits per heavy atom. The molecule has 0 saturated carbocycles. The first kappa shape index (κ1) is 32.3. The Hall–Kier alpha value is -3.06. The second-order valence-corrected chi connectivity index (χ2v) is 18.7. The van der Waals surface area contributed by atoms with E-state index in [9.17, 15) is 13.9 Å². The lowest BCUT2D eigenvalue weighted by Crippen LogP contribution is -2.68. The Labute approximate surface area is 260 Å². The van der Waals surface area contributed by atoms with Crippen molar-refractivity contribution in [1.82, 2.24) is 0 Å². The molecule has 0 N–H and O–H groups in total. The fourth-order valence-corrected chi connectivity index (χ4v) is 11.7. The minimum absolute atomic E-state index is 0.00156. The molecule has 0 radical (unpaired) electrons. The molecule has 0 bridgehead atoms. The molecule has 0 spiro atoms. The number of benzene rings is 3. The zero-order valence-electron chi connectivity index (χ0n) is 25.8. The number of ether oxygens (including phenoxy) is 3. The summed E-state index contributed by atoms with van der Waals surface area (Å²) in [6.07, 6.45) is -1.75. The van der Waals surface area contributed by atoms with Crippen LogP contribution in [-0.2, 0) is 32.9 Å². The van der Waals surface area contributed by atoms with Gasteiger partial charge in [0, 0.05) is 4.91 Å².